The fourth-order valence-electron chi connectivity index (χ4n) is 16.7. The van der Waals surface area contributed by atoms with Crippen LogP contribution < -0.4 is 48.0 Å². The summed E-state index contributed by atoms with van der Waals surface area (Å²) in [5.41, 5.74) is 17.0. The minimum Gasteiger partial charge on any atom is -0.396 e. The fraction of sp³-hybridized carbons (Fsp3) is 0.547. The molecule has 16 N–H and O–H groups in total. The van der Waals surface area contributed by atoms with Gasteiger partial charge in [0.15, 0.2) is 111 Å². The highest BCUT2D eigenvalue weighted by atomic mass is 32.5. The van der Waals surface area contributed by atoms with Crippen LogP contribution in [0.2, 0.25) is 0 Å². The Morgan fingerprint density at radius 3 is 1.38 bits per heavy atom. The van der Waals surface area contributed by atoms with Gasteiger partial charge in [0.25, 0.3) is 24.2 Å². The van der Waals surface area contributed by atoms with E-state index in [1.54, 1.807) is 11.5 Å². The third-order valence-corrected chi connectivity index (χ3v) is 29.4. The largest absolute Gasteiger partial charge is 0.472 e. The van der Waals surface area contributed by atoms with Gasteiger partial charge in [-0.3, -0.25) is 50.8 Å². The maximum atomic E-state index is 16.0. The molecule has 6 bridgehead atoms. The van der Waals surface area contributed by atoms with Crippen LogP contribution in [-0.4, -0.2) is 314 Å². The normalized spacial score (nSPS) is 34.4. The monoisotopic (exact) mass is 2030 g/mol. The highest BCUT2D eigenvalue weighted by Crippen LogP contribution is 2.55. The molecule has 9 fully saturated rings. The van der Waals surface area contributed by atoms with E-state index in [0.29, 0.717) is 11.2 Å². The number of H-pyrrole nitrogens is 3. The second-order valence-electron chi connectivity index (χ2n) is 31.5. The number of aliphatic hydroxyl groups is 2. The van der Waals surface area contributed by atoms with E-state index < -0.39 is 251 Å². The summed E-state index contributed by atoms with van der Waals surface area (Å²) in [6.45, 7) is -3.92. The number of aryl methyl sites for hydroxylation is 3. The van der Waals surface area contributed by atoms with E-state index in [0.717, 1.165) is 17.3 Å². The molecule has 0 spiro atoms. The standard InChI is InChI=1S/C22H25BFN10O10PS.C22H27N10O10PS2.C20H23FN11O10PS/c1-8-31-19-14(20(36)32-8)29-7-34(19)22-15-9(3-35)11(42-22)4-40-45(23,37)43-16-10(2-30-46(38,39)44-15)41-21(12(16)24)33-6-28-13-17(25)26-5-27-18(13)33;1-9-29-20-16(21(34)30-9)27-8-32(20)22-17-10(4-33)13(40-22)5-38-43(35,44)41-11-2-14(39-12(11)3-28-45(36,37)42-17)31-7-26-15-18(23)24-6-25-19(15)31;1-7-27-17-13(18(33)28-7)29-30-32(17)19-9-2-8(39-19)4-38-43(34,35)41-14-10(3-26-44(36,37)42-9)40-20(11(14)21)31-6-25-12-15(22)23-5-24-16(12)31/h5-7,9-12,15-16,21-22,30,35H,2-4H2,1H3,(H2,25,26,27)(H,31,32,36);6-8,10-14,17,22,28,33H,2-5H2,1H3,(H,35,44)(H2,23,24,25)(H,29,30,34);5-6,8-11,14,19-20,26H,2-4H2,1H3,(H,34,35)(H2,22,23,24)(H,27,28,33). The molecule has 61 nitrogen and oxygen atoms in total. The summed E-state index contributed by atoms with van der Waals surface area (Å²) in [5.74, 6) is -1.15. The molecule has 135 heavy (non-hydrogen) atoms. The number of nitrogen functional groups attached to an aromatic ring is 3. The number of nitrogens with two attached hydrogens (primary N) is 3. The predicted octanol–water partition coefficient (Wildman–Crippen LogP) is -4.50. The van der Waals surface area contributed by atoms with Gasteiger partial charge in [-0.15, -0.1) is 5.10 Å². The summed E-state index contributed by atoms with van der Waals surface area (Å²) < 4.78 is 237. The van der Waals surface area contributed by atoms with E-state index in [9.17, 15) is 68.8 Å². The van der Waals surface area contributed by atoms with E-state index >= 15 is 8.78 Å². The molecule has 0 aliphatic carbocycles. The third kappa shape index (κ3) is 18.5. The van der Waals surface area contributed by atoms with Crippen molar-refractivity contribution in [3.63, 3.8) is 0 Å². The van der Waals surface area contributed by atoms with Crippen molar-refractivity contribution in [2.45, 2.75) is 157 Å². The summed E-state index contributed by atoms with van der Waals surface area (Å²) in [7, 11) is -17.6. The summed E-state index contributed by atoms with van der Waals surface area (Å²) in [5, 5.41) is 28.3. The summed E-state index contributed by atoms with van der Waals surface area (Å²) in [6.07, 6.45) is -17.8. The molecular weight excluding hydrogens is 1950 g/mol. The fourth-order valence-corrected chi connectivity index (χ4v) is 23.0. The molecule has 21 heterocycles. The third-order valence-electron chi connectivity index (χ3n) is 22.8. The van der Waals surface area contributed by atoms with Gasteiger partial charge in [0, 0.05) is 44.3 Å². The van der Waals surface area contributed by atoms with Gasteiger partial charge in [0.2, 0.25) is 7.57 Å². The number of fused-ring (bicyclic) bond motifs is 15. The summed E-state index contributed by atoms with van der Waals surface area (Å²) in [4.78, 5) is 124. The van der Waals surface area contributed by atoms with Crippen LogP contribution in [0.5, 0.6) is 0 Å². The lowest BCUT2D eigenvalue weighted by Gasteiger charge is -2.26. The molecule has 0 saturated carbocycles. The first-order valence-electron chi connectivity index (χ1n) is 40.1. The number of imidazole rings is 5. The summed E-state index contributed by atoms with van der Waals surface area (Å²) in [6, 6.07) is 0. The Morgan fingerprint density at radius 2 is 0.881 bits per heavy atom. The van der Waals surface area contributed by atoms with Gasteiger partial charge in [0.1, 0.15) is 108 Å². The van der Waals surface area contributed by atoms with Crippen molar-refractivity contribution >= 4 is 157 Å². The number of anilines is 3. The Labute approximate surface area is 758 Å². The molecule has 9 aliphatic heterocycles. The molecule has 0 aromatic carbocycles. The molecule has 722 valence electrons. The zero-order valence-electron chi connectivity index (χ0n) is 69.2. The molecule has 21 rings (SSSR count). The van der Waals surface area contributed by atoms with Gasteiger partial charge in [-0.2, -0.15) is 44.1 Å². The van der Waals surface area contributed by atoms with E-state index in [2.05, 4.69) is 109 Å². The maximum Gasteiger partial charge on any atom is 0.472 e. The second kappa shape index (κ2) is 36.1. The molecule has 9 aliphatic rings. The molecular formula is C64H75BF2N31O30P3S4. The zero-order valence-corrected chi connectivity index (χ0v) is 75.1. The number of aromatic nitrogens is 25. The maximum absolute atomic E-state index is 16.0. The number of aliphatic hydroxyl groups excluding tert-OH is 2. The topological polar surface area (TPSA) is 804 Å². The first-order chi connectivity index (χ1) is 64.2. The molecule has 25 unspecified atom stereocenters. The van der Waals surface area contributed by atoms with E-state index in [-0.39, 0.29) is 110 Å². The van der Waals surface area contributed by atoms with Crippen molar-refractivity contribution in [3.05, 3.63) is 99.2 Å². The van der Waals surface area contributed by atoms with Gasteiger partial charge >= 0.3 is 45.5 Å². The Morgan fingerprint density at radius 1 is 0.459 bits per heavy atom. The van der Waals surface area contributed by atoms with Gasteiger partial charge in [-0.05, 0) is 32.6 Å². The number of phosphoric ester groups is 1. The van der Waals surface area contributed by atoms with Crippen molar-refractivity contribution in [2.24, 2.45) is 11.8 Å². The van der Waals surface area contributed by atoms with Crippen LogP contribution in [0.1, 0.15) is 67.7 Å². The van der Waals surface area contributed by atoms with Gasteiger partial charge < -0.3 is 98.7 Å². The first kappa shape index (κ1) is 94.0. The molecule has 0 amide bonds. The molecule has 12 aromatic heterocycles. The second-order valence-corrected chi connectivity index (χ2v) is 41.4. The Hall–Kier alpha value is -9.97. The van der Waals surface area contributed by atoms with Crippen molar-refractivity contribution in [1.82, 2.24) is 137 Å². The molecule has 25 atom stereocenters. The molecule has 12 aromatic rings. The number of alkyl halides is 2. The van der Waals surface area contributed by atoms with Gasteiger partial charge in [0.05, 0.1) is 89.1 Å². The van der Waals surface area contributed by atoms with Gasteiger partial charge in [-0.1, -0.05) is 5.21 Å². The molecule has 9 saturated heterocycles. The Bertz CT molecular complexity index is 7340. The lowest BCUT2D eigenvalue weighted by Crippen LogP contribution is -2.43. The Kier molecular flexibility index (Phi) is 25.1. The van der Waals surface area contributed by atoms with E-state index in [1.807, 2.05) is 0 Å². The summed E-state index contributed by atoms with van der Waals surface area (Å²) >= 11 is 5.31. The number of hydrogen-bond donors (Lipinski definition) is 13. The number of ether oxygens (including phenoxy) is 6. The number of halogens is 2. The van der Waals surface area contributed by atoms with Crippen molar-refractivity contribution < 1.29 is 131 Å². The number of nitrogens with zero attached hydrogens (tertiary/aromatic N) is 22. The number of hydrogen-bond acceptors (Lipinski definition) is 48. The van der Waals surface area contributed by atoms with Crippen molar-refractivity contribution in [3.8, 4) is 0 Å². The van der Waals surface area contributed by atoms with E-state index in [4.69, 9.17) is 105 Å². The van der Waals surface area contributed by atoms with Crippen molar-refractivity contribution in [1.29, 1.82) is 0 Å². The molecule has 2 radical (unpaired) electrons. The highest BCUT2D eigenvalue weighted by Gasteiger charge is 2.57. The van der Waals surface area contributed by atoms with Crippen LogP contribution in [0.15, 0.2) is 65.0 Å². The van der Waals surface area contributed by atoms with Crippen LogP contribution in [0.4, 0.5) is 26.2 Å². The smallest absolute Gasteiger partial charge is 0.396 e. The molecule has 71 heteroatoms. The zero-order chi connectivity index (χ0) is 95.2. The van der Waals surface area contributed by atoms with Crippen LogP contribution in [0.25, 0.3) is 67.0 Å². The quantitative estimate of drug-likeness (QED) is 0.0504. The van der Waals surface area contributed by atoms with E-state index in [1.165, 1.54) is 70.1 Å². The number of phosphoric acid groups is 1. The minimum absolute atomic E-state index is 0.0170. The lowest BCUT2D eigenvalue weighted by molar-refractivity contribution is -0.0546. The number of aromatic amines is 3. The Balaban J connectivity index is 0.000000130. The minimum atomic E-state index is -5.00. The predicted molar refractivity (Wildman–Crippen MR) is 447 cm³/mol. The number of nitrogens with one attached hydrogen (secondary N) is 6. The average molecular weight is 2030 g/mol. The van der Waals surface area contributed by atoms with Crippen LogP contribution in [-0.2, 0) is 120 Å². The average Bonchev–Trinajstić information content (AvgIpc) is 1.60. The SMILES string of the molecule is Cc1nc2c(ncn2C2OC3COP(O)(=S)OC4CC(n5cnc6c(N)ncnc65)OC4CNS(=O)(=O)OC2C3CO)c(=O)[nH]1.Cc1nc2c(nnn2C2OC3COP(=O)(O)OC4C(CNS(=O)(=O)OC2C3)OC(n2cnc3c(N)ncnc32)C4F)c(=O)[nH]1.[B]P1(=O)OCC2OC(n3cnc4c(=O)[nH]c(C)nc43)C(OS(=O)(=O)NCC3OC(n4cnc5c(N)ncnc54)C(F)C3O1)C2CO. The lowest BCUT2D eigenvalue weighted by atomic mass is 9.99. The highest BCUT2D eigenvalue weighted by molar-refractivity contribution is 8.07. The number of rotatable bonds is 8. The van der Waals surface area contributed by atoms with Crippen LogP contribution >= 0.6 is 22.0 Å². The van der Waals surface area contributed by atoms with Crippen LogP contribution in [0, 0.1) is 32.6 Å². The first-order valence-corrected chi connectivity index (χ1v) is 50.1. The van der Waals surface area contributed by atoms with Gasteiger partial charge in [-0.25, -0.2) is 95.7 Å². The van der Waals surface area contributed by atoms with Crippen molar-refractivity contribution in [2.75, 3.05) is 69.9 Å². The van der Waals surface area contributed by atoms with Crippen LogP contribution in [0.3, 0.4) is 0 Å².